The third-order valence-corrected chi connectivity index (χ3v) is 2.44. The van der Waals surface area contributed by atoms with Crippen molar-refractivity contribution in [3.05, 3.63) is 29.8 Å². The van der Waals surface area contributed by atoms with Crippen molar-refractivity contribution in [2.45, 2.75) is 25.9 Å². The number of hydrogen-bond donors (Lipinski definition) is 0. The van der Waals surface area contributed by atoms with Crippen LogP contribution in [-0.4, -0.2) is 19.3 Å². The van der Waals surface area contributed by atoms with Crippen molar-refractivity contribution in [1.29, 1.82) is 0 Å². The summed E-state index contributed by atoms with van der Waals surface area (Å²) in [6.45, 7) is 3.69. The van der Waals surface area contributed by atoms with Crippen LogP contribution >= 0.6 is 0 Å². The van der Waals surface area contributed by atoms with Crippen LogP contribution in [0.25, 0.3) is 0 Å². The van der Waals surface area contributed by atoms with Crippen molar-refractivity contribution in [3.63, 3.8) is 0 Å². The minimum atomic E-state index is 0.242. The molecule has 14 heavy (non-hydrogen) atoms. The number of aryl methyl sites for hydroxylation is 1. The molecule has 1 aromatic rings. The molecule has 0 saturated carbocycles. The summed E-state index contributed by atoms with van der Waals surface area (Å²) < 4.78 is 11.1. The van der Waals surface area contributed by atoms with E-state index in [1.54, 1.807) is 0 Å². The van der Waals surface area contributed by atoms with E-state index in [-0.39, 0.29) is 6.10 Å². The Balaban J connectivity index is 1.92. The Hall–Kier alpha value is -1.02. The van der Waals surface area contributed by atoms with Crippen molar-refractivity contribution < 1.29 is 9.47 Å². The average Bonchev–Trinajstić information content (AvgIpc) is 2.23. The maximum absolute atomic E-state index is 5.79. The molecule has 0 aliphatic carbocycles. The summed E-state index contributed by atoms with van der Waals surface area (Å²) >= 11 is 0. The zero-order valence-corrected chi connectivity index (χ0v) is 8.53. The third-order valence-electron chi connectivity index (χ3n) is 2.44. The highest BCUT2D eigenvalue weighted by Gasteiger charge is 2.14. The molecule has 1 aliphatic heterocycles. The van der Waals surface area contributed by atoms with Crippen LogP contribution in [-0.2, 0) is 4.74 Å². The first-order valence-corrected chi connectivity index (χ1v) is 5.16. The molecule has 2 rings (SSSR count). The van der Waals surface area contributed by atoms with Crippen LogP contribution in [0.5, 0.6) is 5.75 Å². The molecule has 0 bridgehead atoms. The lowest BCUT2D eigenvalue weighted by atomic mass is 10.2. The molecular weight excluding hydrogens is 176 g/mol. The number of hydrogen-bond acceptors (Lipinski definition) is 2. The van der Waals surface area contributed by atoms with Crippen LogP contribution in [0.2, 0.25) is 0 Å². The summed E-state index contributed by atoms with van der Waals surface area (Å²) in [5, 5.41) is 0. The van der Waals surface area contributed by atoms with E-state index in [9.17, 15) is 0 Å². The molecule has 2 nitrogen and oxygen atoms in total. The molecule has 76 valence electrons. The summed E-state index contributed by atoms with van der Waals surface area (Å²) in [6, 6.07) is 8.17. The standard InChI is InChI=1S/C12H16O2/c1-10-4-6-11(7-5-10)14-12-3-2-8-13-9-12/h4-7,12H,2-3,8-9H2,1H3/t12-/m1/s1. The molecule has 1 atom stereocenters. The van der Waals surface area contributed by atoms with E-state index in [1.807, 2.05) is 12.1 Å². The van der Waals surface area contributed by atoms with E-state index in [4.69, 9.17) is 9.47 Å². The van der Waals surface area contributed by atoms with Gasteiger partial charge in [0.1, 0.15) is 11.9 Å². The van der Waals surface area contributed by atoms with Crippen molar-refractivity contribution >= 4 is 0 Å². The van der Waals surface area contributed by atoms with Gasteiger partial charge < -0.3 is 9.47 Å². The lowest BCUT2D eigenvalue weighted by Crippen LogP contribution is -2.27. The van der Waals surface area contributed by atoms with Gasteiger partial charge in [0.15, 0.2) is 0 Å². The Morgan fingerprint density at radius 2 is 2.07 bits per heavy atom. The molecule has 1 aromatic carbocycles. The molecule has 0 radical (unpaired) electrons. The van der Waals surface area contributed by atoms with Crippen molar-refractivity contribution in [2.24, 2.45) is 0 Å². The topological polar surface area (TPSA) is 18.5 Å². The van der Waals surface area contributed by atoms with Gasteiger partial charge in [-0.05, 0) is 31.9 Å². The van der Waals surface area contributed by atoms with Crippen LogP contribution in [0.3, 0.4) is 0 Å². The predicted molar refractivity (Wildman–Crippen MR) is 55.6 cm³/mol. The van der Waals surface area contributed by atoms with Crippen molar-refractivity contribution in [1.82, 2.24) is 0 Å². The molecule has 0 unspecified atom stereocenters. The summed E-state index contributed by atoms with van der Waals surface area (Å²) in [7, 11) is 0. The molecule has 0 aromatic heterocycles. The molecule has 0 N–H and O–H groups in total. The maximum atomic E-state index is 5.79. The molecule has 1 heterocycles. The number of ether oxygens (including phenoxy) is 2. The molecule has 1 aliphatic rings. The van der Waals surface area contributed by atoms with Gasteiger partial charge in [0.05, 0.1) is 6.61 Å². The lowest BCUT2D eigenvalue weighted by molar-refractivity contribution is 0.00743. The van der Waals surface area contributed by atoms with Gasteiger partial charge in [0.2, 0.25) is 0 Å². The summed E-state index contributed by atoms with van der Waals surface area (Å²) in [4.78, 5) is 0. The van der Waals surface area contributed by atoms with E-state index < -0.39 is 0 Å². The van der Waals surface area contributed by atoms with Gasteiger partial charge in [-0.1, -0.05) is 17.7 Å². The highest BCUT2D eigenvalue weighted by molar-refractivity contribution is 5.26. The quantitative estimate of drug-likeness (QED) is 0.717. The second-order valence-corrected chi connectivity index (χ2v) is 3.77. The van der Waals surface area contributed by atoms with Crippen LogP contribution < -0.4 is 4.74 Å². The largest absolute Gasteiger partial charge is 0.488 e. The van der Waals surface area contributed by atoms with E-state index >= 15 is 0 Å². The average molecular weight is 192 g/mol. The second-order valence-electron chi connectivity index (χ2n) is 3.77. The van der Waals surface area contributed by atoms with Crippen LogP contribution in [0.1, 0.15) is 18.4 Å². The Bertz CT molecular complexity index is 273. The van der Waals surface area contributed by atoms with Gasteiger partial charge in [-0.3, -0.25) is 0 Å². The predicted octanol–water partition coefficient (Wildman–Crippen LogP) is 2.55. The van der Waals surface area contributed by atoms with E-state index in [0.29, 0.717) is 0 Å². The Morgan fingerprint density at radius 3 is 2.71 bits per heavy atom. The second kappa shape index (κ2) is 4.47. The summed E-state index contributed by atoms with van der Waals surface area (Å²) in [5.41, 5.74) is 1.26. The first-order chi connectivity index (χ1) is 6.84. The minimum absolute atomic E-state index is 0.242. The first-order valence-electron chi connectivity index (χ1n) is 5.16. The van der Waals surface area contributed by atoms with Gasteiger partial charge in [0.25, 0.3) is 0 Å². The fraction of sp³-hybridized carbons (Fsp3) is 0.500. The van der Waals surface area contributed by atoms with Gasteiger partial charge in [-0.25, -0.2) is 0 Å². The summed E-state index contributed by atoms with van der Waals surface area (Å²) in [5.74, 6) is 0.950. The maximum Gasteiger partial charge on any atom is 0.122 e. The molecule has 0 amide bonds. The first kappa shape index (κ1) is 9.53. The smallest absolute Gasteiger partial charge is 0.122 e. The monoisotopic (exact) mass is 192 g/mol. The van der Waals surface area contributed by atoms with Crippen LogP contribution in [0, 0.1) is 6.92 Å². The fourth-order valence-electron chi connectivity index (χ4n) is 1.61. The number of rotatable bonds is 2. The van der Waals surface area contributed by atoms with Crippen LogP contribution in [0.15, 0.2) is 24.3 Å². The van der Waals surface area contributed by atoms with E-state index in [0.717, 1.165) is 31.8 Å². The zero-order valence-electron chi connectivity index (χ0n) is 8.53. The zero-order chi connectivity index (χ0) is 9.80. The summed E-state index contributed by atoms with van der Waals surface area (Å²) in [6.07, 6.45) is 2.45. The molecular formula is C12H16O2. The third kappa shape index (κ3) is 2.48. The Morgan fingerprint density at radius 1 is 1.29 bits per heavy atom. The van der Waals surface area contributed by atoms with Gasteiger partial charge in [-0.15, -0.1) is 0 Å². The molecule has 1 saturated heterocycles. The lowest BCUT2D eigenvalue weighted by Gasteiger charge is -2.23. The van der Waals surface area contributed by atoms with Crippen molar-refractivity contribution in [2.75, 3.05) is 13.2 Å². The number of benzene rings is 1. The minimum Gasteiger partial charge on any atom is -0.488 e. The van der Waals surface area contributed by atoms with E-state index in [2.05, 4.69) is 19.1 Å². The SMILES string of the molecule is Cc1ccc(O[C@@H]2CCCOC2)cc1. The van der Waals surface area contributed by atoms with Gasteiger partial charge in [0, 0.05) is 6.61 Å². The molecule has 2 heteroatoms. The molecule has 0 spiro atoms. The van der Waals surface area contributed by atoms with Crippen LogP contribution in [0.4, 0.5) is 0 Å². The Labute approximate surface area is 84.8 Å². The van der Waals surface area contributed by atoms with Gasteiger partial charge >= 0.3 is 0 Å². The van der Waals surface area contributed by atoms with E-state index in [1.165, 1.54) is 5.56 Å². The Kier molecular flexibility index (Phi) is 3.04. The fourth-order valence-corrected chi connectivity index (χ4v) is 1.61. The normalized spacial score (nSPS) is 21.9. The van der Waals surface area contributed by atoms with Crippen molar-refractivity contribution in [3.8, 4) is 5.75 Å². The highest BCUT2D eigenvalue weighted by Crippen LogP contribution is 2.17. The van der Waals surface area contributed by atoms with Gasteiger partial charge in [-0.2, -0.15) is 0 Å². The highest BCUT2D eigenvalue weighted by atomic mass is 16.5. The molecule has 1 fully saturated rings.